The van der Waals surface area contributed by atoms with Crippen molar-refractivity contribution in [3.8, 4) is 0 Å². The Morgan fingerprint density at radius 1 is 1.18 bits per heavy atom. The van der Waals surface area contributed by atoms with Crippen LogP contribution in [0.4, 0.5) is 5.69 Å². The molecule has 2 aliphatic heterocycles. The van der Waals surface area contributed by atoms with Crippen LogP contribution in [0.3, 0.4) is 0 Å². The van der Waals surface area contributed by atoms with E-state index in [0.29, 0.717) is 5.02 Å². The highest BCUT2D eigenvalue weighted by molar-refractivity contribution is 6.31. The molecule has 2 aliphatic rings. The van der Waals surface area contributed by atoms with E-state index in [9.17, 15) is 4.79 Å². The van der Waals surface area contributed by atoms with Crippen molar-refractivity contribution in [1.82, 2.24) is 9.88 Å². The number of rotatable bonds is 2. The van der Waals surface area contributed by atoms with E-state index in [1.165, 1.54) is 0 Å². The van der Waals surface area contributed by atoms with Gasteiger partial charge >= 0.3 is 0 Å². The van der Waals surface area contributed by atoms with Gasteiger partial charge in [-0.3, -0.25) is 19.6 Å². The van der Waals surface area contributed by atoms with Crippen LogP contribution in [0.15, 0.2) is 48.8 Å². The minimum atomic E-state index is -0.0681. The zero-order valence-corrected chi connectivity index (χ0v) is 12.8. The number of benzene rings is 1. The molecule has 112 valence electrons. The number of anilines is 1. The molecule has 0 radical (unpaired) electrons. The van der Waals surface area contributed by atoms with Gasteiger partial charge in [0.25, 0.3) is 0 Å². The number of carbonyl (C=O) groups is 1. The van der Waals surface area contributed by atoms with Crippen molar-refractivity contribution in [2.24, 2.45) is 0 Å². The molecule has 5 heteroatoms. The van der Waals surface area contributed by atoms with Gasteiger partial charge in [0.1, 0.15) is 6.17 Å². The first kappa shape index (κ1) is 13.7. The molecule has 0 aliphatic carbocycles. The number of aromatic nitrogens is 1. The number of amides is 1. The van der Waals surface area contributed by atoms with E-state index < -0.39 is 0 Å². The highest BCUT2D eigenvalue weighted by atomic mass is 35.5. The van der Waals surface area contributed by atoms with Gasteiger partial charge in [-0.05, 0) is 48.7 Å². The van der Waals surface area contributed by atoms with Gasteiger partial charge in [0, 0.05) is 29.6 Å². The predicted octanol–water partition coefficient (Wildman–Crippen LogP) is 3.24. The minimum absolute atomic E-state index is 0.0165. The van der Waals surface area contributed by atoms with Crippen LogP contribution in [0, 0.1) is 0 Å². The monoisotopic (exact) mass is 313 g/mol. The van der Waals surface area contributed by atoms with Crippen molar-refractivity contribution in [2.45, 2.75) is 25.0 Å². The van der Waals surface area contributed by atoms with Crippen LogP contribution in [0.2, 0.25) is 5.02 Å². The molecule has 0 N–H and O–H groups in total. The van der Waals surface area contributed by atoms with Crippen molar-refractivity contribution in [2.75, 3.05) is 11.4 Å². The Labute approximate surface area is 134 Å². The van der Waals surface area contributed by atoms with E-state index in [1.54, 1.807) is 12.4 Å². The van der Waals surface area contributed by atoms with Crippen molar-refractivity contribution in [3.05, 3.63) is 59.4 Å². The Bertz CT molecular complexity index is 706. The first-order valence-corrected chi connectivity index (χ1v) is 7.88. The summed E-state index contributed by atoms with van der Waals surface area (Å²) >= 11 is 6.12. The number of fused-ring (bicyclic) bond motifs is 1. The number of pyridine rings is 1. The van der Waals surface area contributed by atoms with Gasteiger partial charge in [-0.15, -0.1) is 0 Å². The van der Waals surface area contributed by atoms with Crippen molar-refractivity contribution < 1.29 is 4.79 Å². The topological polar surface area (TPSA) is 36.4 Å². The number of hydrogen-bond acceptors (Lipinski definition) is 3. The lowest BCUT2D eigenvalue weighted by Gasteiger charge is -2.29. The zero-order chi connectivity index (χ0) is 15.1. The van der Waals surface area contributed by atoms with Gasteiger partial charge in [-0.25, -0.2) is 0 Å². The van der Waals surface area contributed by atoms with Crippen molar-refractivity contribution in [3.63, 3.8) is 0 Å². The maximum Gasteiger partial charge on any atom is 0.246 e. The summed E-state index contributed by atoms with van der Waals surface area (Å²) < 4.78 is 0. The van der Waals surface area contributed by atoms with Crippen LogP contribution in [0.5, 0.6) is 0 Å². The maximum atomic E-state index is 12.9. The summed E-state index contributed by atoms with van der Waals surface area (Å²) in [5, 5.41) is 0.644. The molecule has 4 rings (SSSR count). The Kier molecular flexibility index (Phi) is 3.36. The van der Waals surface area contributed by atoms with Gasteiger partial charge in [-0.2, -0.15) is 0 Å². The number of carbonyl (C=O) groups excluding carboxylic acids is 1. The van der Waals surface area contributed by atoms with E-state index in [2.05, 4.69) is 9.88 Å². The third-order valence-electron chi connectivity index (χ3n) is 4.47. The van der Waals surface area contributed by atoms with E-state index in [-0.39, 0.29) is 18.1 Å². The average Bonchev–Trinajstić information content (AvgIpc) is 3.10. The van der Waals surface area contributed by atoms with Crippen molar-refractivity contribution in [1.29, 1.82) is 0 Å². The Morgan fingerprint density at radius 3 is 2.77 bits per heavy atom. The quantitative estimate of drug-likeness (QED) is 0.854. The number of halogens is 1. The van der Waals surface area contributed by atoms with Gasteiger partial charge in [-0.1, -0.05) is 17.7 Å². The molecule has 0 spiro atoms. The molecule has 0 bridgehead atoms. The highest BCUT2D eigenvalue weighted by Crippen LogP contribution is 2.42. The third kappa shape index (κ3) is 2.11. The summed E-state index contributed by atoms with van der Waals surface area (Å²) in [5.41, 5.74) is 1.95. The first-order valence-electron chi connectivity index (χ1n) is 7.50. The van der Waals surface area contributed by atoms with Gasteiger partial charge < -0.3 is 0 Å². The van der Waals surface area contributed by atoms with Gasteiger partial charge in [0.15, 0.2) is 0 Å². The van der Waals surface area contributed by atoms with Gasteiger partial charge in [0.05, 0.1) is 6.04 Å². The van der Waals surface area contributed by atoms with E-state index in [1.807, 2.05) is 41.3 Å². The van der Waals surface area contributed by atoms with Crippen LogP contribution in [0.1, 0.15) is 24.6 Å². The summed E-state index contributed by atoms with van der Waals surface area (Å²) in [6.07, 6.45) is 5.49. The molecule has 2 aromatic rings. The zero-order valence-electron chi connectivity index (χ0n) is 12.0. The Balaban J connectivity index is 1.82. The number of nitrogens with zero attached hydrogens (tertiary/aromatic N) is 3. The molecule has 22 heavy (non-hydrogen) atoms. The molecular weight excluding hydrogens is 298 g/mol. The second kappa shape index (κ2) is 5.38. The summed E-state index contributed by atoms with van der Waals surface area (Å²) in [5.74, 6) is 0.168. The molecule has 1 amide bonds. The summed E-state index contributed by atoms with van der Waals surface area (Å²) in [6.45, 7) is 0.945. The molecule has 2 saturated heterocycles. The molecule has 2 atom stereocenters. The van der Waals surface area contributed by atoms with Crippen LogP contribution < -0.4 is 4.90 Å². The Morgan fingerprint density at radius 2 is 2.00 bits per heavy atom. The normalized spacial score (nSPS) is 24.8. The predicted molar refractivity (Wildman–Crippen MR) is 85.6 cm³/mol. The minimum Gasteiger partial charge on any atom is -0.290 e. The second-order valence-corrected chi connectivity index (χ2v) is 6.17. The largest absolute Gasteiger partial charge is 0.290 e. The van der Waals surface area contributed by atoms with E-state index in [0.717, 1.165) is 30.6 Å². The Hall–Kier alpha value is -1.91. The molecule has 3 heterocycles. The average molecular weight is 314 g/mol. The fourth-order valence-electron chi connectivity index (χ4n) is 3.55. The molecular formula is C17H16ClN3O. The first-order chi connectivity index (χ1) is 10.8. The lowest BCUT2D eigenvalue weighted by molar-refractivity contribution is -0.119. The van der Waals surface area contributed by atoms with Gasteiger partial charge in [0.2, 0.25) is 5.91 Å². The standard InChI is InChI=1S/C17H16ClN3O/c18-13-3-1-4-14(11-13)21-16(12-6-8-19-9-7-12)20-10-2-5-15(20)17(21)22/h1,3-4,6-9,11,15-16H,2,5,10H2/t15-,16+/m1/s1. The SMILES string of the molecule is O=C1[C@H]2CCCN2[C@H](c2ccncc2)N1c1cccc(Cl)c1. The molecule has 0 unspecified atom stereocenters. The molecule has 4 nitrogen and oxygen atoms in total. The third-order valence-corrected chi connectivity index (χ3v) is 4.70. The number of hydrogen-bond donors (Lipinski definition) is 0. The van der Waals surface area contributed by atoms with Crippen LogP contribution in [0.25, 0.3) is 0 Å². The maximum absolute atomic E-state index is 12.9. The fourth-order valence-corrected chi connectivity index (χ4v) is 3.73. The molecule has 2 fully saturated rings. The van der Waals surface area contributed by atoms with Crippen molar-refractivity contribution >= 4 is 23.2 Å². The second-order valence-electron chi connectivity index (χ2n) is 5.74. The summed E-state index contributed by atoms with van der Waals surface area (Å²) in [7, 11) is 0. The van der Waals surface area contributed by atoms with Crippen LogP contribution >= 0.6 is 11.6 Å². The van der Waals surface area contributed by atoms with Crippen LogP contribution in [-0.4, -0.2) is 28.4 Å². The lowest BCUT2D eigenvalue weighted by atomic mass is 10.1. The fraction of sp³-hybridized carbons (Fsp3) is 0.294. The molecule has 0 saturated carbocycles. The highest BCUT2D eigenvalue weighted by Gasteiger charge is 2.49. The smallest absolute Gasteiger partial charge is 0.246 e. The summed E-state index contributed by atoms with van der Waals surface area (Å²) in [4.78, 5) is 21.2. The summed E-state index contributed by atoms with van der Waals surface area (Å²) in [6, 6.07) is 11.5. The van der Waals surface area contributed by atoms with E-state index in [4.69, 9.17) is 11.6 Å². The molecule has 1 aromatic heterocycles. The van der Waals surface area contributed by atoms with E-state index >= 15 is 0 Å². The molecule has 1 aromatic carbocycles. The van der Waals surface area contributed by atoms with Crippen LogP contribution in [-0.2, 0) is 4.79 Å². The lowest BCUT2D eigenvalue weighted by Crippen LogP contribution is -2.32.